The molecule has 1 aromatic rings. The largest absolute Gasteiger partial charge is 0.371 e. The van der Waals surface area contributed by atoms with Gasteiger partial charge in [-0.3, -0.25) is 0 Å². The smallest absolute Gasteiger partial charge is 0.0957 e. The van der Waals surface area contributed by atoms with Gasteiger partial charge in [0, 0.05) is 13.1 Å². The predicted molar refractivity (Wildman–Crippen MR) is 45.9 cm³/mol. The van der Waals surface area contributed by atoms with Gasteiger partial charge in [0.2, 0.25) is 0 Å². The maximum absolute atomic E-state index is 5.57. The second kappa shape index (κ2) is 3.34. The lowest BCUT2D eigenvalue weighted by Gasteiger charge is -2.22. The summed E-state index contributed by atoms with van der Waals surface area (Å²) in [5.41, 5.74) is 1.31. The molecule has 0 radical (unpaired) electrons. The fourth-order valence-corrected chi connectivity index (χ4v) is 1.94. The van der Waals surface area contributed by atoms with Gasteiger partial charge in [-0.15, -0.1) is 0 Å². The van der Waals surface area contributed by atoms with Crippen molar-refractivity contribution in [2.75, 3.05) is 19.7 Å². The average Bonchev–Trinajstić information content (AvgIpc) is 2.58. The molecule has 11 heavy (non-hydrogen) atoms. The van der Waals surface area contributed by atoms with Gasteiger partial charge in [0.05, 0.1) is 12.7 Å². The second-order valence-electron chi connectivity index (χ2n) is 2.62. The van der Waals surface area contributed by atoms with Crippen LogP contribution in [0.15, 0.2) is 16.8 Å². The van der Waals surface area contributed by atoms with Crippen LogP contribution in [-0.4, -0.2) is 19.7 Å². The van der Waals surface area contributed by atoms with Gasteiger partial charge >= 0.3 is 0 Å². The fraction of sp³-hybridized carbons (Fsp3) is 0.500. The monoisotopic (exact) mass is 169 g/mol. The Morgan fingerprint density at radius 2 is 2.64 bits per heavy atom. The first-order valence-electron chi connectivity index (χ1n) is 3.81. The number of rotatable bonds is 1. The van der Waals surface area contributed by atoms with Crippen LogP contribution in [0.4, 0.5) is 0 Å². The van der Waals surface area contributed by atoms with E-state index in [1.807, 2.05) is 0 Å². The summed E-state index contributed by atoms with van der Waals surface area (Å²) < 4.78 is 5.57. The highest BCUT2D eigenvalue weighted by atomic mass is 32.1. The van der Waals surface area contributed by atoms with Gasteiger partial charge in [0.25, 0.3) is 0 Å². The number of hydrogen-bond donors (Lipinski definition) is 1. The first-order valence-corrected chi connectivity index (χ1v) is 4.75. The van der Waals surface area contributed by atoms with E-state index in [0.29, 0.717) is 0 Å². The van der Waals surface area contributed by atoms with Crippen LogP contribution < -0.4 is 5.32 Å². The van der Waals surface area contributed by atoms with Gasteiger partial charge in [-0.1, -0.05) is 0 Å². The molecule has 1 saturated heterocycles. The van der Waals surface area contributed by atoms with Crippen molar-refractivity contribution in [2.24, 2.45) is 0 Å². The third-order valence-electron chi connectivity index (χ3n) is 1.84. The number of morpholine rings is 1. The van der Waals surface area contributed by atoms with E-state index in [2.05, 4.69) is 22.1 Å². The summed E-state index contributed by atoms with van der Waals surface area (Å²) in [7, 11) is 0. The summed E-state index contributed by atoms with van der Waals surface area (Å²) in [6.07, 6.45) is 0.287. The molecular weight excluding hydrogens is 158 g/mol. The minimum Gasteiger partial charge on any atom is -0.371 e. The Balaban J connectivity index is 2.04. The van der Waals surface area contributed by atoms with Crippen molar-refractivity contribution >= 4 is 11.3 Å². The Bertz CT molecular complexity index is 204. The lowest BCUT2D eigenvalue weighted by molar-refractivity contribution is 0.0279. The predicted octanol–water partition coefficient (Wildman–Crippen LogP) is 1.41. The van der Waals surface area contributed by atoms with Gasteiger partial charge in [0.15, 0.2) is 0 Å². The molecule has 0 aromatic carbocycles. The van der Waals surface area contributed by atoms with Crippen molar-refractivity contribution in [3.63, 3.8) is 0 Å². The maximum Gasteiger partial charge on any atom is 0.0957 e. The zero-order valence-corrected chi connectivity index (χ0v) is 7.06. The number of ether oxygens (including phenoxy) is 1. The molecule has 1 aliphatic rings. The normalized spacial score (nSPS) is 25.3. The fourth-order valence-electron chi connectivity index (χ4n) is 1.24. The first kappa shape index (κ1) is 7.28. The van der Waals surface area contributed by atoms with E-state index in [4.69, 9.17) is 4.74 Å². The Morgan fingerprint density at radius 3 is 3.27 bits per heavy atom. The van der Waals surface area contributed by atoms with E-state index >= 15 is 0 Å². The van der Waals surface area contributed by atoms with Crippen LogP contribution in [0.2, 0.25) is 0 Å². The van der Waals surface area contributed by atoms with Crippen molar-refractivity contribution in [1.82, 2.24) is 5.32 Å². The molecule has 2 nitrogen and oxygen atoms in total. The van der Waals surface area contributed by atoms with Crippen molar-refractivity contribution in [1.29, 1.82) is 0 Å². The van der Waals surface area contributed by atoms with Gasteiger partial charge in [0.1, 0.15) is 0 Å². The van der Waals surface area contributed by atoms with Crippen LogP contribution in [0.1, 0.15) is 11.7 Å². The Kier molecular flexibility index (Phi) is 2.21. The molecule has 60 valence electrons. The summed E-state index contributed by atoms with van der Waals surface area (Å²) in [6, 6.07) is 2.13. The van der Waals surface area contributed by atoms with Gasteiger partial charge in [-0.2, -0.15) is 11.3 Å². The Labute approximate surface area is 70.2 Å². The highest BCUT2D eigenvalue weighted by Crippen LogP contribution is 2.20. The number of thiophene rings is 1. The molecule has 0 amide bonds. The Morgan fingerprint density at radius 1 is 1.64 bits per heavy atom. The lowest BCUT2D eigenvalue weighted by Crippen LogP contribution is -2.33. The standard InChI is InChI=1S/C8H11NOS/c1-4-11-6-7(1)8-5-9-2-3-10-8/h1,4,6,8-9H,2-3,5H2. The third-order valence-corrected chi connectivity index (χ3v) is 2.54. The molecule has 0 aliphatic carbocycles. The van der Waals surface area contributed by atoms with Crippen molar-refractivity contribution in [3.8, 4) is 0 Å². The summed E-state index contributed by atoms with van der Waals surface area (Å²) in [5, 5.41) is 7.54. The van der Waals surface area contributed by atoms with Crippen LogP contribution in [0.3, 0.4) is 0 Å². The molecule has 1 fully saturated rings. The molecule has 2 heterocycles. The summed E-state index contributed by atoms with van der Waals surface area (Å²) in [5.74, 6) is 0. The lowest BCUT2D eigenvalue weighted by atomic mass is 10.2. The Hall–Kier alpha value is -0.380. The second-order valence-corrected chi connectivity index (χ2v) is 3.40. The molecule has 0 saturated carbocycles. The van der Waals surface area contributed by atoms with Gasteiger partial charge < -0.3 is 10.1 Å². The molecule has 1 unspecified atom stereocenters. The van der Waals surface area contributed by atoms with Crippen LogP contribution in [-0.2, 0) is 4.74 Å². The summed E-state index contributed by atoms with van der Waals surface area (Å²) >= 11 is 1.73. The molecule has 1 aromatic heterocycles. The average molecular weight is 169 g/mol. The topological polar surface area (TPSA) is 21.3 Å². The molecule has 1 aliphatic heterocycles. The number of hydrogen-bond acceptors (Lipinski definition) is 3. The van der Waals surface area contributed by atoms with Crippen molar-refractivity contribution in [2.45, 2.75) is 6.10 Å². The van der Waals surface area contributed by atoms with E-state index in [1.165, 1.54) is 5.56 Å². The minimum absolute atomic E-state index is 0.287. The SMILES string of the molecule is c1cc(C2CNCCO2)cs1. The van der Waals surface area contributed by atoms with E-state index in [1.54, 1.807) is 11.3 Å². The van der Waals surface area contributed by atoms with Crippen molar-refractivity contribution < 1.29 is 4.74 Å². The molecule has 3 heteroatoms. The van der Waals surface area contributed by atoms with Crippen LogP contribution in [0.25, 0.3) is 0 Å². The molecule has 1 atom stereocenters. The summed E-state index contributed by atoms with van der Waals surface area (Å²) in [4.78, 5) is 0. The quantitative estimate of drug-likeness (QED) is 0.686. The molecule has 2 rings (SSSR count). The molecule has 0 bridgehead atoms. The zero-order chi connectivity index (χ0) is 7.52. The van der Waals surface area contributed by atoms with Crippen LogP contribution >= 0.6 is 11.3 Å². The maximum atomic E-state index is 5.57. The van der Waals surface area contributed by atoms with E-state index < -0.39 is 0 Å². The van der Waals surface area contributed by atoms with Gasteiger partial charge in [-0.25, -0.2) is 0 Å². The minimum atomic E-state index is 0.287. The zero-order valence-electron chi connectivity index (χ0n) is 6.25. The van der Waals surface area contributed by atoms with Crippen LogP contribution in [0, 0.1) is 0 Å². The molecule has 0 spiro atoms. The third kappa shape index (κ3) is 1.61. The first-order chi connectivity index (χ1) is 5.47. The van der Waals surface area contributed by atoms with Gasteiger partial charge in [-0.05, 0) is 22.4 Å². The highest BCUT2D eigenvalue weighted by Gasteiger charge is 2.14. The number of nitrogens with one attached hydrogen (secondary N) is 1. The highest BCUT2D eigenvalue weighted by molar-refractivity contribution is 7.07. The van der Waals surface area contributed by atoms with Crippen LogP contribution in [0.5, 0.6) is 0 Å². The summed E-state index contributed by atoms with van der Waals surface area (Å²) in [6.45, 7) is 2.78. The van der Waals surface area contributed by atoms with E-state index in [9.17, 15) is 0 Å². The molecular formula is C8H11NOS. The van der Waals surface area contributed by atoms with Crippen molar-refractivity contribution in [3.05, 3.63) is 22.4 Å². The van der Waals surface area contributed by atoms with E-state index in [0.717, 1.165) is 19.7 Å². The van der Waals surface area contributed by atoms with E-state index in [-0.39, 0.29) is 6.10 Å². The molecule has 1 N–H and O–H groups in total.